The summed E-state index contributed by atoms with van der Waals surface area (Å²) in [5, 5.41) is 0. The van der Waals surface area contributed by atoms with Crippen LogP contribution in [-0.4, -0.2) is 31.4 Å². The van der Waals surface area contributed by atoms with Crippen LogP contribution in [0, 0.1) is 13.8 Å². The number of rotatable bonds is 7. The van der Waals surface area contributed by atoms with E-state index in [1.54, 1.807) is 39.0 Å². The molecule has 6 heteroatoms. The van der Waals surface area contributed by atoms with Crippen LogP contribution in [0.25, 0.3) is 0 Å². The third-order valence-electron chi connectivity index (χ3n) is 4.44. The predicted molar refractivity (Wildman–Crippen MR) is 102 cm³/mol. The molecular formula is C20H23O5P. The molecule has 0 aliphatic carbocycles. The van der Waals surface area contributed by atoms with Gasteiger partial charge in [-0.25, -0.2) is 0 Å². The fraction of sp³-hybridized carbons (Fsp3) is 0.300. The average molecular weight is 374 g/mol. The number of aryl methyl sites for hydroxylation is 2. The van der Waals surface area contributed by atoms with Crippen LogP contribution in [-0.2, 0) is 4.57 Å². The average Bonchev–Trinajstić information content (AvgIpc) is 2.65. The minimum atomic E-state index is -3.84. The lowest BCUT2D eigenvalue weighted by Gasteiger charge is -2.18. The highest BCUT2D eigenvalue weighted by Gasteiger charge is 2.41. The summed E-state index contributed by atoms with van der Waals surface area (Å²) in [6.07, 6.45) is -0.0480. The van der Waals surface area contributed by atoms with E-state index in [0.29, 0.717) is 22.4 Å². The lowest BCUT2D eigenvalue weighted by molar-refractivity contribution is 0.103. The van der Waals surface area contributed by atoms with E-state index < -0.39 is 18.2 Å². The maximum Gasteiger partial charge on any atom is 0.232 e. The zero-order chi connectivity index (χ0) is 19.5. The summed E-state index contributed by atoms with van der Waals surface area (Å²) in [6.45, 7) is 5.15. The van der Waals surface area contributed by atoms with Crippen molar-refractivity contribution >= 4 is 18.2 Å². The largest absolute Gasteiger partial charge is 0.497 e. The molecule has 1 unspecified atom stereocenters. The number of hydrogen-bond donors (Lipinski definition) is 0. The summed E-state index contributed by atoms with van der Waals surface area (Å²) < 4.78 is 23.9. The molecule has 1 atom stereocenters. The Balaban J connectivity index is 2.58. The molecule has 0 heterocycles. The summed E-state index contributed by atoms with van der Waals surface area (Å²) in [6, 6.07) is 9.99. The van der Waals surface area contributed by atoms with Crippen molar-refractivity contribution in [2.24, 2.45) is 0 Å². The molecule has 5 nitrogen and oxygen atoms in total. The third-order valence-corrected chi connectivity index (χ3v) is 7.10. The Morgan fingerprint density at radius 1 is 0.962 bits per heavy atom. The van der Waals surface area contributed by atoms with Crippen molar-refractivity contribution in [1.82, 2.24) is 0 Å². The van der Waals surface area contributed by atoms with Crippen molar-refractivity contribution in [3.05, 3.63) is 58.7 Å². The van der Waals surface area contributed by atoms with Crippen LogP contribution in [0.5, 0.6) is 11.5 Å². The maximum atomic E-state index is 13.5. The summed E-state index contributed by atoms with van der Waals surface area (Å²) in [5.74, 6) is 0.739. The highest BCUT2D eigenvalue weighted by molar-refractivity contribution is 7.95. The molecule has 0 N–H and O–H groups in total. The standard InChI is InChI=1S/C20H23O5P/c1-6-26(23,20(22)18-13(2)8-7-9-14(18)3)19(21)16-11-10-15(24-4)12-17(16)25-5/h7-12H,6H2,1-5H3. The molecular weight excluding hydrogens is 351 g/mol. The first-order valence-corrected chi connectivity index (χ1v) is 10.2. The zero-order valence-electron chi connectivity index (χ0n) is 15.7. The van der Waals surface area contributed by atoms with Gasteiger partial charge in [-0.2, -0.15) is 0 Å². The van der Waals surface area contributed by atoms with Crippen LogP contribution in [0.15, 0.2) is 36.4 Å². The maximum absolute atomic E-state index is 13.5. The van der Waals surface area contributed by atoms with E-state index in [4.69, 9.17) is 9.47 Å². The van der Waals surface area contributed by atoms with E-state index in [9.17, 15) is 14.2 Å². The molecule has 0 saturated carbocycles. The molecule has 0 aliphatic heterocycles. The summed E-state index contributed by atoms with van der Waals surface area (Å²) in [7, 11) is -0.932. The van der Waals surface area contributed by atoms with Gasteiger partial charge in [0.1, 0.15) is 11.5 Å². The summed E-state index contributed by atoms with van der Waals surface area (Å²) >= 11 is 0. The van der Waals surface area contributed by atoms with Crippen molar-refractivity contribution in [3.8, 4) is 11.5 Å². The van der Waals surface area contributed by atoms with Gasteiger partial charge in [-0.05, 0) is 37.1 Å². The molecule has 0 aliphatic rings. The lowest BCUT2D eigenvalue weighted by atomic mass is 10.0. The fourth-order valence-electron chi connectivity index (χ4n) is 2.88. The first-order valence-electron chi connectivity index (χ1n) is 8.27. The van der Waals surface area contributed by atoms with Gasteiger partial charge in [0.15, 0.2) is 0 Å². The molecule has 0 amide bonds. The Bertz CT molecular complexity index is 881. The highest BCUT2D eigenvalue weighted by atomic mass is 31.2. The van der Waals surface area contributed by atoms with E-state index in [2.05, 4.69) is 0 Å². The van der Waals surface area contributed by atoms with Crippen LogP contribution in [0.3, 0.4) is 0 Å². The number of benzene rings is 2. The number of hydrogen-bond acceptors (Lipinski definition) is 5. The minimum Gasteiger partial charge on any atom is -0.497 e. The smallest absolute Gasteiger partial charge is 0.232 e. The van der Waals surface area contributed by atoms with Gasteiger partial charge in [0, 0.05) is 17.8 Å². The second-order valence-electron chi connectivity index (χ2n) is 6.00. The number of carbonyl (C=O) groups excluding carboxylic acids is 2. The summed E-state index contributed by atoms with van der Waals surface area (Å²) in [5.41, 5.74) is 0.610. The lowest BCUT2D eigenvalue weighted by Crippen LogP contribution is -2.15. The van der Waals surface area contributed by atoms with Crippen molar-refractivity contribution in [2.75, 3.05) is 20.4 Å². The highest BCUT2D eigenvalue weighted by Crippen LogP contribution is 2.53. The van der Waals surface area contributed by atoms with Crippen molar-refractivity contribution < 1.29 is 23.6 Å². The van der Waals surface area contributed by atoms with E-state index in [-0.39, 0.29) is 17.5 Å². The van der Waals surface area contributed by atoms with Gasteiger partial charge in [-0.15, -0.1) is 0 Å². The zero-order valence-corrected chi connectivity index (χ0v) is 16.6. The van der Waals surface area contributed by atoms with E-state index in [1.165, 1.54) is 26.4 Å². The Kier molecular flexibility index (Phi) is 6.04. The van der Waals surface area contributed by atoms with Gasteiger partial charge in [-0.1, -0.05) is 25.1 Å². The Morgan fingerprint density at radius 2 is 1.58 bits per heavy atom. The van der Waals surface area contributed by atoms with E-state index in [0.717, 1.165) is 0 Å². The molecule has 0 aromatic heterocycles. The predicted octanol–water partition coefficient (Wildman–Crippen LogP) is 4.68. The number of carbonyl (C=O) groups is 2. The second kappa shape index (κ2) is 7.88. The van der Waals surface area contributed by atoms with E-state index in [1.807, 2.05) is 6.07 Å². The van der Waals surface area contributed by atoms with E-state index >= 15 is 0 Å². The number of ether oxygens (including phenoxy) is 2. The molecule has 138 valence electrons. The topological polar surface area (TPSA) is 69.7 Å². The van der Waals surface area contributed by atoms with Gasteiger partial charge >= 0.3 is 0 Å². The van der Waals surface area contributed by atoms with Crippen LogP contribution < -0.4 is 9.47 Å². The van der Waals surface area contributed by atoms with Gasteiger partial charge in [0.25, 0.3) is 0 Å². The Labute approximate surface area is 153 Å². The second-order valence-corrected chi connectivity index (χ2v) is 8.92. The van der Waals surface area contributed by atoms with Crippen LogP contribution in [0.1, 0.15) is 38.8 Å². The molecule has 0 saturated heterocycles. The number of methoxy groups -OCH3 is 2. The molecule has 2 rings (SSSR count). The normalized spacial score (nSPS) is 13.0. The molecule has 0 radical (unpaired) electrons. The first kappa shape index (κ1) is 19.9. The third kappa shape index (κ3) is 3.45. The van der Waals surface area contributed by atoms with Gasteiger partial charge in [-0.3, -0.25) is 9.59 Å². The molecule has 2 aromatic rings. The summed E-state index contributed by atoms with van der Waals surface area (Å²) in [4.78, 5) is 26.2. The monoisotopic (exact) mass is 374 g/mol. The van der Waals surface area contributed by atoms with Crippen LogP contribution in [0.4, 0.5) is 0 Å². The molecule has 0 bridgehead atoms. The molecule has 0 spiro atoms. The van der Waals surface area contributed by atoms with Gasteiger partial charge < -0.3 is 14.0 Å². The first-order chi connectivity index (χ1) is 12.3. The minimum absolute atomic E-state index is 0.0480. The van der Waals surface area contributed by atoms with Crippen molar-refractivity contribution in [2.45, 2.75) is 20.8 Å². The molecule has 0 fully saturated rings. The Hall–Kier alpha value is -2.39. The van der Waals surface area contributed by atoms with Crippen LogP contribution in [0.2, 0.25) is 0 Å². The van der Waals surface area contributed by atoms with Gasteiger partial charge in [0.05, 0.1) is 19.8 Å². The van der Waals surface area contributed by atoms with Crippen molar-refractivity contribution in [1.29, 1.82) is 0 Å². The quantitative estimate of drug-likeness (QED) is 0.658. The fourth-order valence-corrected chi connectivity index (χ4v) is 4.93. The Morgan fingerprint density at radius 3 is 2.08 bits per heavy atom. The molecule has 2 aromatic carbocycles. The van der Waals surface area contributed by atoms with Crippen LogP contribution >= 0.6 is 7.14 Å². The van der Waals surface area contributed by atoms with Crippen molar-refractivity contribution in [3.63, 3.8) is 0 Å². The van der Waals surface area contributed by atoms with Gasteiger partial charge in [0.2, 0.25) is 18.2 Å². The molecule has 26 heavy (non-hydrogen) atoms. The SMILES string of the molecule is CCP(=O)(C(=O)c1ccc(OC)cc1OC)C(=O)c1c(C)cccc1C.